The van der Waals surface area contributed by atoms with Crippen LogP contribution in [0.1, 0.15) is 174 Å². The number of rotatable bonds is 34. The van der Waals surface area contributed by atoms with Crippen molar-refractivity contribution in [2.24, 2.45) is 0 Å². The van der Waals surface area contributed by atoms with Crippen molar-refractivity contribution in [2.45, 2.75) is 229 Å². The Kier molecular flexibility index (Phi) is 29.4. The Morgan fingerprint density at radius 1 is 0.648 bits per heavy atom. The van der Waals surface area contributed by atoms with Crippen LogP contribution in [0, 0.1) is 0 Å². The molecule has 0 aromatic rings. The normalized spacial score (nSPS) is 24.7. The molecule has 0 aliphatic heterocycles. The largest absolute Gasteiger partial charge is 0.472 e. The fourth-order valence-electron chi connectivity index (χ4n) is 6.83. The van der Waals surface area contributed by atoms with E-state index in [1.807, 2.05) is 0 Å². The van der Waals surface area contributed by atoms with Crippen LogP contribution in [0.4, 0.5) is 0 Å². The van der Waals surface area contributed by atoms with Crippen molar-refractivity contribution in [1.82, 2.24) is 5.32 Å². The number of amides is 1. The summed E-state index contributed by atoms with van der Waals surface area (Å²) < 4.78 is 22.7. The van der Waals surface area contributed by atoms with Gasteiger partial charge in [0, 0.05) is 0 Å². The number of hydrogen-bond donors (Lipinski definition) is 9. The first-order chi connectivity index (χ1) is 25.8. The lowest BCUT2D eigenvalue weighted by Crippen LogP contribution is -2.64. The number of carbonyl (C=O) groups is 1. The van der Waals surface area contributed by atoms with Gasteiger partial charge >= 0.3 is 7.82 Å². The lowest BCUT2D eigenvalue weighted by molar-refractivity contribution is -0.220. The highest BCUT2D eigenvalue weighted by molar-refractivity contribution is 7.47. The number of aliphatic hydroxyl groups excluding tert-OH is 7. The van der Waals surface area contributed by atoms with Gasteiger partial charge in [0.25, 0.3) is 0 Å². The number of carbonyl (C=O) groups excluding carboxylic acids is 1. The van der Waals surface area contributed by atoms with E-state index in [9.17, 15) is 50.0 Å². The van der Waals surface area contributed by atoms with Crippen LogP contribution in [-0.4, -0.2) is 108 Å². The van der Waals surface area contributed by atoms with Crippen molar-refractivity contribution >= 4 is 13.7 Å². The molecule has 0 radical (unpaired) electrons. The fourth-order valence-corrected chi connectivity index (χ4v) is 7.79. The Morgan fingerprint density at radius 2 is 1.06 bits per heavy atom. The topological polar surface area (TPSA) is 226 Å². The first kappa shape index (κ1) is 51.1. The van der Waals surface area contributed by atoms with Gasteiger partial charge in [-0.3, -0.25) is 13.8 Å². The van der Waals surface area contributed by atoms with Gasteiger partial charge in [-0.15, -0.1) is 0 Å². The number of unbranched alkanes of at least 4 members (excludes halogenated alkanes) is 21. The molecule has 8 atom stereocenters. The molecule has 320 valence electrons. The minimum atomic E-state index is -5.13. The van der Waals surface area contributed by atoms with E-state index in [1.165, 1.54) is 102 Å². The third-order valence-corrected chi connectivity index (χ3v) is 11.4. The highest BCUT2D eigenvalue weighted by atomic mass is 31.2. The van der Waals surface area contributed by atoms with Crippen molar-refractivity contribution in [3.8, 4) is 0 Å². The van der Waals surface area contributed by atoms with Crippen LogP contribution < -0.4 is 5.32 Å². The second-order valence-corrected chi connectivity index (χ2v) is 16.8. The zero-order valence-corrected chi connectivity index (χ0v) is 34.3. The number of phosphoric ester groups is 1. The van der Waals surface area contributed by atoms with Gasteiger partial charge in [-0.1, -0.05) is 161 Å². The molecule has 1 amide bonds. The summed E-state index contributed by atoms with van der Waals surface area (Å²) in [5.74, 6) is -0.596. The third kappa shape index (κ3) is 23.3. The van der Waals surface area contributed by atoms with E-state index in [-0.39, 0.29) is 6.42 Å². The number of phosphoric acid groups is 1. The summed E-state index contributed by atoms with van der Waals surface area (Å²) in [6, 6.07) is -1.23. The first-order valence-corrected chi connectivity index (χ1v) is 22.7. The molecule has 1 aliphatic rings. The van der Waals surface area contributed by atoms with Crippen LogP contribution in [-0.2, 0) is 18.4 Å². The van der Waals surface area contributed by atoms with Gasteiger partial charge < -0.3 is 46.0 Å². The number of aliphatic hydroxyl groups is 7. The molecule has 14 heteroatoms. The molecule has 1 fully saturated rings. The molecule has 54 heavy (non-hydrogen) atoms. The van der Waals surface area contributed by atoms with Crippen LogP contribution in [0.3, 0.4) is 0 Å². The Labute approximate surface area is 325 Å². The van der Waals surface area contributed by atoms with E-state index < -0.39 is 75.2 Å². The zero-order valence-electron chi connectivity index (χ0n) is 33.4. The SMILES string of the molecule is CCCCCCCCCCCCCCCCC/C=C/C(O)C(COP(=O)(O)OC1C(O)C(O)C(O)C(O)C1O)NC(=O)CC(O)CCCCCCCCC. The van der Waals surface area contributed by atoms with Crippen molar-refractivity contribution in [1.29, 1.82) is 0 Å². The fraction of sp³-hybridized carbons (Fsp3) is 0.925. The monoisotopic (exact) mass is 796 g/mol. The molecular weight excluding hydrogens is 717 g/mol. The van der Waals surface area contributed by atoms with Gasteiger partial charge in [0.2, 0.25) is 5.91 Å². The Bertz CT molecular complexity index is 990. The third-order valence-electron chi connectivity index (χ3n) is 10.4. The van der Waals surface area contributed by atoms with Crippen LogP contribution in [0.2, 0.25) is 0 Å². The Hall–Kier alpha value is -0.960. The van der Waals surface area contributed by atoms with E-state index in [0.717, 1.165) is 44.9 Å². The lowest BCUT2D eigenvalue weighted by Gasteiger charge is -2.41. The minimum absolute atomic E-state index is 0.242. The maximum Gasteiger partial charge on any atom is 0.472 e. The van der Waals surface area contributed by atoms with Gasteiger partial charge in [-0.2, -0.15) is 0 Å². The second-order valence-electron chi connectivity index (χ2n) is 15.4. The van der Waals surface area contributed by atoms with Crippen molar-refractivity contribution in [2.75, 3.05) is 6.61 Å². The van der Waals surface area contributed by atoms with Crippen molar-refractivity contribution in [3.05, 3.63) is 12.2 Å². The molecule has 1 saturated carbocycles. The summed E-state index contributed by atoms with van der Waals surface area (Å²) in [5.41, 5.74) is 0. The number of allylic oxidation sites excluding steroid dienone is 1. The van der Waals surface area contributed by atoms with Crippen molar-refractivity contribution < 1.29 is 59.0 Å². The molecule has 0 bridgehead atoms. The van der Waals surface area contributed by atoms with Gasteiger partial charge in [0.15, 0.2) is 0 Å². The van der Waals surface area contributed by atoms with Crippen LogP contribution in [0.15, 0.2) is 12.2 Å². The van der Waals surface area contributed by atoms with E-state index in [0.29, 0.717) is 12.8 Å². The average molecular weight is 796 g/mol. The lowest BCUT2D eigenvalue weighted by atomic mass is 9.85. The maximum absolute atomic E-state index is 12.9. The average Bonchev–Trinajstić information content (AvgIpc) is 3.14. The predicted molar refractivity (Wildman–Crippen MR) is 211 cm³/mol. The molecule has 0 saturated heterocycles. The van der Waals surface area contributed by atoms with Gasteiger partial charge in [-0.25, -0.2) is 4.57 Å². The molecular formula is C40H78NO12P. The Balaban J connectivity index is 2.58. The molecule has 8 unspecified atom stereocenters. The van der Waals surface area contributed by atoms with Crippen LogP contribution in [0.5, 0.6) is 0 Å². The van der Waals surface area contributed by atoms with Gasteiger partial charge in [0.05, 0.1) is 31.3 Å². The molecule has 0 spiro atoms. The second kappa shape index (κ2) is 31.1. The zero-order chi connectivity index (χ0) is 40.2. The molecule has 13 nitrogen and oxygen atoms in total. The smallest absolute Gasteiger partial charge is 0.393 e. The van der Waals surface area contributed by atoms with E-state index in [4.69, 9.17) is 9.05 Å². The summed E-state index contributed by atoms with van der Waals surface area (Å²) in [4.78, 5) is 23.3. The van der Waals surface area contributed by atoms with Crippen LogP contribution >= 0.6 is 7.82 Å². The molecule has 1 aliphatic carbocycles. The summed E-state index contributed by atoms with van der Waals surface area (Å²) >= 11 is 0. The predicted octanol–water partition coefficient (Wildman–Crippen LogP) is 5.86. The minimum Gasteiger partial charge on any atom is -0.393 e. The number of hydrogen-bond acceptors (Lipinski definition) is 11. The molecule has 9 N–H and O–H groups in total. The summed E-state index contributed by atoms with van der Waals surface area (Å²) in [5, 5.41) is 74.0. The van der Waals surface area contributed by atoms with E-state index in [2.05, 4.69) is 19.2 Å². The summed E-state index contributed by atoms with van der Waals surface area (Å²) in [7, 11) is -5.13. The van der Waals surface area contributed by atoms with Gasteiger partial charge in [-0.05, 0) is 19.3 Å². The van der Waals surface area contributed by atoms with Crippen LogP contribution in [0.25, 0.3) is 0 Å². The molecule has 1 rings (SSSR count). The highest BCUT2D eigenvalue weighted by Crippen LogP contribution is 2.47. The quantitative estimate of drug-likeness (QED) is 0.0212. The molecule has 0 heterocycles. The molecule has 0 aromatic heterocycles. The first-order valence-electron chi connectivity index (χ1n) is 21.2. The Morgan fingerprint density at radius 3 is 1.52 bits per heavy atom. The maximum atomic E-state index is 12.9. The standard InChI is InChI=1S/C40H78NO12P/c1-3-5-7-9-11-12-13-14-15-16-17-18-19-20-22-24-26-28-33(43)32(41-34(44)29-31(42)27-25-23-21-10-8-6-4-2)30-52-54(50,51)53-40-38(48)36(46)35(45)37(47)39(40)49/h26,28,31-33,35-40,42-43,45-49H,3-25,27,29-30H2,1-2H3,(H,41,44)(H,50,51)/b28-26+. The van der Waals surface area contributed by atoms with Crippen molar-refractivity contribution in [3.63, 3.8) is 0 Å². The summed E-state index contributed by atoms with van der Waals surface area (Å²) in [6.45, 7) is 3.67. The highest BCUT2D eigenvalue weighted by Gasteiger charge is 2.51. The molecule has 0 aromatic carbocycles. The van der Waals surface area contributed by atoms with E-state index in [1.54, 1.807) is 6.08 Å². The van der Waals surface area contributed by atoms with E-state index >= 15 is 0 Å². The van der Waals surface area contributed by atoms with Gasteiger partial charge in [0.1, 0.15) is 36.6 Å². The number of nitrogens with one attached hydrogen (secondary N) is 1. The summed E-state index contributed by atoms with van der Waals surface area (Å²) in [6.07, 6.45) is 16.2.